The first kappa shape index (κ1) is 12.2. The van der Waals surface area contributed by atoms with Crippen molar-refractivity contribution >= 4 is 40.6 Å². The van der Waals surface area contributed by atoms with E-state index in [1.54, 1.807) is 13.2 Å². The first-order valence-electron chi connectivity index (χ1n) is 4.91. The highest BCUT2D eigenvalue weighted by Gasteiger charge is 2.25. The van der Waals surface area contributed by atoms with E-state index < -0.39 is 0 Å². The fourth-order valence-corrected chi connectivity index (χ4v) is 2.38. The van der Waals surface area contributed by atoms with Gasteiger partial charge in [-0.05, 0) is 12.5 Å². The van der Waals surface area contributed by atoms with E-state index in [0.717, 1.165) is 19.5 Å². The minimum Gasteiger partial charge on any atom is -0.380 e. The molecule has 0 amide bonds. The standard InChI is InChI=1S/C10H11Cl3N2O/c1-16-6-2-3-15(5-6)10-8(12)4-7(11)9(13)14-10/h4,6H,2-3,5H2,1H3. The Bertz CT molecular complexity index is 400. The third kappa shape index (κ3) is 2.38. The van der Waals surface area contributed by atoms with Gasteiger partial charge in [0.25, 0.3) is 0 Å². The molecule has 0 N–H and O–H groups in total. The van der Waals surface area contributed by atoms with Crippen molar-refractivity contribution in [1.29, 1.82) is 0 Å². The Morgan fingerprint density at radius 3 is 2.75 bits per heavy atom. The van der Waals surface area contributed by atoms with Gasteiger partial charge in [-0.15, -0.1) is 0 Å². The van der Waals surface area contributed by atoms with Crippen LogP contribution in [0.25, 0.3) is 0 Å². The van der Waals surface area contributed by atoms with Gasteiger partial charge >= 0.3 is 0 Å². The second-order valence-corrected chi connectivity index (χ2v) is 4.83. The second kappa shape index (κ2) is 4.96. The molecule has 88 valence electrons. The van der Waals surface area contributed by atoms with Crippen LogP contribution in [0, 0.1) is 0 Å². The summed E-state index contributed by atoms with van der Waals surface area (Å²) in [5.41, 5.74) is 0. The van der Waals surface area contributed by atoms with Gasteiger partial charge in [0.1, 0.15) is 11.0 Å². The molecule has 1 unspecified atom stereocenters. The normalized spacial score (nSPS) is 20.5. The van der Waals surface area contributed by atoms with Gasteiger partial charge in [0.05, 0.1) is 16.1 Å². The van der Waals surface area contributed by atoms with Crippen LogP contribution in [0.5, 0.6) is 0 Å². The zero-order chi connectivity index (χ0) is 11.7. The lowest BCUT2D eigenvalue weighted by Crippen LogP contribution is -2.23. The third-order valence-electron chi connectivity index (χ3n) is 2.65. The summed E-state index contributed by atoms with van der Waals surface area (Å²) in [6.45, 7) is 1.64. The van der Waals surface area contributed by atoms with Gasteiger partial charge in [-0.2, -0.15) is 0 Å². The second-order valence-electron chi connectivity index (χ2n) is 3.66. The molecule has 0 radical (unpaired) electrons. The van der Waals surface area contributed by atoms with E-state index in [0.29, 0.717) is 15.9 Å². The first-order chi connectivity index (χ1) is 7.61. The van der Waals surface area contributed by atoms with Crippen LogP contribution in [0.2, 0.25) is 15.2 Å². The minimum atomic E-state index is 0.229. The molecule has 0 saturated carbocycles. The Balaban J connectivity index is 2.24. The Hall–Kier alpha value is -0.220. The van der Waals surface area contributed by atoms with Crippen molar-refractivity contribution in [1.82, 2.24) is 4.98 Å². The van der Waals surface area contributed by atoms with E-state index in [9.17, 15) is 0 Å². The van der Waals surface area contributed by atoms with Crippen LogP contribution in [-0.2, 0) is 4.74 Å². The number of hydrogen-bond donors (Lipinski definition) is 0. The van der Waals surface area contributed by atoms with Crippen molar-refractivity contribution in [2.45, 2.75) is 12.5 Å². The van der Waals surface area contributed by atoms with Gasteiger partial charge in [-0.3, -0.25) is 0 Å². The SMILES string of the molecule is COC1CCN(c2nc(Cl)c(Cl)cc2Cl)C1. The predicted octanol–water partition coefficient (Wildman–Crippen LogP) is 3.27. The van der Waals surface area contributed by atoms with Crippen LogP contribution in [0.4, 0.5) is 5.82 Å². The highest BCUT2D eigenvalue weighted by Crippen LogP contribution is 2.32. The summed E-state index contributed by atoms with van der Waals surface area (Å²) in [4.78, 5) is 6.25. The minimum absolute atomic E-state index is 0.229. The zero-order valence-corrected chi connectivity index (χ0v) is 11.0. The predicted molar refractivity (Wildman–Crippen MR) is 66.9 cm³/mol. The van der Waals surface area contributed by atoms with Gasteiger partial charge in [0.2, 0.25) is 0 Å². The maximum atomic E-state index is 6.08. The molecule has 16 heavy (non-hydrogen) atoms. The number of methoxy groups -OCH3 is 1. The smallest absolute Gasteiger partial charge is 0.150 e. The number of pyridine rings is 1. The van der Waals surface area contributed by atoms with Crippen molar-refractivity contribution in [3.63, 3.8) is 0 Å². The summed E-state index contributed by atoms with van der Waals surface area (Å²) < 4.78 is 5.29. The summed E-state index contributed by atoms with van der Waals surface area (Å²) in [5.74, 6) is 0.676. The lowest BCUT2D eigenvalue weighted by atomic mass is 10.3. The number of ether oxygens (including phenoxy) is 1. The maximum absolute atomic E-state index is 6.08. The number of rotatable bonds is 2. The number of halogens is 3. The van der Waals surface area contributed by atoms with Gasteiger partial charge in [0.15, 0.2) is 0 Å². The molecule has 1 aliphatic rings. The molecule has 0 aromatic carbocycles. The molecule has 1 atom stereocenters. The average molecular weight is 282 g/mol. The van der Waals surface area contributed by atoms with Gasteiger partial charge < -0.3 is 9.64 Å². The Labute approximate surface area is 109 Å². The monoisotopic (exact) mass is 280 g/mol. The molecule has 1 aromatic rings. The van der Waals surface area contributed by atoms with Crippen LogP contribution in [-0.4, -0.2) is 31.3 Å². The number of nitrogens with zero attached hydrogens (tertiary/aromatic N) is 2. The van der Waals surface area contributed by atoms with Crippen LogP contribution >= 0.6 is 34.8 Å². The van der Waals surface area contributed by atoms with E-state index >= 15 is 0 Å². The van der Waals surface area contributed by atoms with E-state index in [-0.39, 0.29) is 11.3 Å². The molecule has 0 spiro atoms. The van der Waals surface area contributed by atoms with Crippen LogP contribution in [0.15, 0.2) is 6.07 Å². The Morgan fingerprint density at radius 1 is 1.38 bits per heavy atom. The summed E-state index contributed by atoms with van der Waals surface area (Å²) in [7, 11) is 1.71. The molecular weight excluding hydrogens is 270 g/mol. The molecule has 1 saturated heterocycles. The summed E-state index contributed by atoms with van der Waals surface area (Å²) in [6.07, 6.45) is 1.20. The zero-order valence-electron chi connectivity index (χ0n) is 8.71. The molecular formula is C10H11Cl3N2O. The van der Waals surface area contributed by atoms with E-state index in [2.05, 4.69) is 9.88 Å². The molecule has 0 bridgehead atoms. The topological polar surface area (TPSA) is 25.4 Å². The molecule has 0 aliphatic carbocycles. The number of aromatic nitrogens is 1. The summed E-state index contributed by atoms with van der Waals surface area (Å²) in [5, 5.41) is 1.17. The van der Waals surface area contributed by atoms with E-state index in [1.807, 2.05) is 0 Å². The van der Waals surface area contributed by atoms with Crippen molar-refractivity contribution in [2.75, 3.05) is 25.1 Å². The molecule has 2 heterocycles. The highest BCUT2D eigenvalue weighted by molar-refractivity contribution is 6.42. The quantitative estimate of drug-likeness (QED) is 0.778. The van der Waals surface area contributed by atoms with Gasteiger partial charge in [-0.1, -0.05) is 34.8 Å². The van der Waals surface area contributed by atoms with Crippen LogP contribution in [0.1, 0.15) is 6.42 Å². The van der Waals surface area contributed by atoms with Crippen LogP contribution < -0.4 is 4.90 Å². The molecule has 1 aromatic heterocycles. The van der Waals surface area contributed by atoms with Gasteiger partial charge in [0, 0.05) is 20.2 Å². The lowest BCUT2D eigenvalue weighted by Gasteiger charge is -2.18. The molecule has 6 heteroatoms. The Morgan fingerprint density at radius 2 is 2.12 bits per heavy atom. The number of hydrogen-bond acceptors (Lipinski definition) is 3. The maximum Gasteiger partial charge on any atom is 0.150 e. The van der Waals surface area contributed by atoms with E-state index in [4.69, 9.17) is 39.5 Å². The van der Waals surface area contributed by atoms with E-state index in [1.165, 1.54) is 0 Å². The largest absolute Gasteiger partial charge is 0.380 e. The lowest BCUT2D eigenvalue weighted by molar-refractivity contribution is 0.121. The van der Waals surface area contributed by atoms with Crippen molar-refractivity contribution in [2.24, 2.45) is 0 Å². The third-order valence-corrected chi connectivity index (χ3v) is 3.60. The highest BCUT2D eigenvalue weighted by atomic mass is 35.5. The fourth-order valence-electron chi connectivity index (χ4n) is 1.77. The fraction of sp³-hybridized carbons (Fsp3) is 0.500. The summed E-state index contributed by atoms with van der Waals surface area (Å²) >= 11 is 17.8. The molecule has 3 nitrogen and oxygen atoms in total. The van der Waals surface area contributed by atoms with Gasteiger partial charge in [-0.25, -0.2) is 4.98 Å². The molecule has 1 fully saturated rings. The van der Waals surface area contributed by atoms with Crippen molar-refractivity contribution < 1.29 is 4.74 Å². The average Bonchev–Trinajstić information content (AvgIpc) is 2.71. The van der Waals surface area contributed by atoms with Crippen molar-refractivity contribution in [3.8, 4) is 0 Å². The summed E-state index contributed by atoms with van der Waals surface area (Å²) in [6, 6.07) is 1.62. The number of anilines is 1. The van der Waals surface area contributed by atoms with Crippen molar-refractivity contribution in [3.05, 3.63) is 21.3 Å². The van der Waals surface area contributed by atoms with Crippen LogP contribution in [0.3, 0.4) is 0 Å². The molecule has 1 aliphatic heterocycles. The Kier molecular flexibility index (Phi) is 3.80. The first-order valence-corrected chi connectivity index (χ1v) is 6.04. The molecule has 2 rings (SSSR count).